The number of nitrogens with one attached hydrogen (secondary N) is 1. The number of benzene rings is 2. The van der Waals surface area contributed by atoms with Gasteiger partial charge < -0.3 is 14.8 Å². The van der Waals surface area contributed by atoms with Crippen molar-refractivity contribution >= 4 is 22.9 Å². The van der Waals surface area contributed by atoms with Crippen molar-refractivity contribution in [2.45, 2.75) is 12.5 Å². The molecule has 0 spiro atoms. The molecule has 4 rings (SSSR count). The number of anilines is 1. The zero-order chi connectivity index (χ0) is 22.0. The molecule has 1 aliphatic rings. The van der Waals surface area contributed by atoms with Gasteiger partial charge >= 0.3 is 0 Å². The molecule has 1 atom stereocenters. The number of fused-ring (bicyclic) bond motifs is 1. The van der Waals surface area contributed by atoms with Gasteiger partial charge in [-0.05, 0) is 53.3 Å². The fourth-order valence-electron chi connectivity index (χ4n) is 3.96. The summed E-state index contributed by atoms with van der Waals surface area (Å²) in [5.74, 6) is -0.510. The van der Waals surface area contributed by atoms with Crippen molar-refractivity contribution in [2.75, 3.05) is 32.6 Å². The van der Waals surface area contributed by atoms with Gasteiger partial charge in [0.1, 0.15) is 11.6 Å². The Morgan fingerprint density at radius 1 is 1.13 bits per heavy atom. The molecular formula is C23H22F2N2O3S. The number of methoxy groups -OCH3 is 2. The number of carbonyl (C=O) groups excluding carboxylic acids is 1. The molecule has 162 valence electrons. The third-order valence-electron chi connectivity index (χ3n) is 5.28. The minimum Gasteiger partial charge on any atom is -0.493 e. The van der Waals surface area contributed by atoms with Gasteiger partial charge in [-0.2, -0.15) is 0 Å². The normalized spacial score (nSPS) is 15.9. The number of nitrogens with zero attached hydrogens (tertiary/aromatic N) is 1. The highest BCUT2D eigenvalue weighted by Crippen LogP contribution is 2.42. The second kappa shape index (κ2) is 9.03. The van der Waals surface area contributed by atoms with E-state index in [1.165, 1.54) is 0 Å². The zero-order valence-electron chi connectivity index (χ0n) is 17.2. The van der Waals surface area contributed by atoms with E-state index in [9.17, 15) is 13.6 Å². The number of amides is 1. The number of halogens is 2. The second-order valence-electron chi connectivity index (χ2n) is 7.25. The van der Waals surface area contributed by atoms with Crippen molar-refractivity contribution in [3.63, 3.8) is 0 Å². The molecule has 5 nitrogen and oxygen atoms in total. The lowest BCUT2D eigenvalue weighted by molar-refractivity contribution is -0.117. The Balaban J connectivity index is 1.62. The average molecular weight is 445 g/mol. The first-order chi connectivity index (χ1) is 15.0. The largest absolute Gasteiger partial charge is 0.493 e. The van der Waals surface area contributed by atoms with E-state index in [0.29, 0.717) is 18.0 Å². The van der Waals surface area contributed by atoms with Gasteiger partial charge in [-0.3, -0.25) is 9.69 Å². The molecule has 2 aromatic carbocycles. The molecule has 1 aliphatic heterocycles. The van der Waals surface area contributed by atoms with Crippen LogP contribution in [0.5, 0.6) is 11.5 Å². The summed E-state index contributed by atoms with van der Waals surface area (Å²) in [6, 6.07) is 10.8. The van der Waals surface area contributed by atoms with Crippen LogP contribution in [0, 0.1) is 11.6 Å². The molecular weight excluding hydrogens is 422 g/mol. The lowest BCUT2D eigenvalue weighted by Crippen LogP contribution is -2.41. The van der Waals surface area contributed by atoms with Gasteiger partial charge in [-0.25, -0.2) is 8.78 Å². The second-order valence-corrected chi connectivity index (χ2v) is 8.23. The van der Waals surface area contributed by atoms with E-state index < -0.39 is 11.6 Å². The van der Waals surface area contributed by atoms with Crippen LogP contribution in [0.2, 0.25) is 0 Å². The van der Waals surface area contributed by atoms with E-state index in [1.807, 2.05) is 29.6 Å². The van der Waals surface area contributed by atoms with Crippen LogP contribution in [0.15, 0.2) is 47.8 Å². The Kier molecular flexibility index (Phi) is 6.20. The molecule has 8 heteroatoms. The molecule has 0 bridgehead atoms. The van der Waals surface area contributed by atoms with Gasteiger partial charge in [0.05, 0.1) is 26.8 Å². The minimum atomic E-state index is -0.736. The summed E-state index contributed by atoms with van der Waals surface area (Å²) in [4.78, 5) is 15.9. The summed E-state index contributed by atoms with van der Waals surface area (Å²) in [6.07, 6.45) is 0.736. The van der Waals surface area contributed by atoms with E-state index in [2.05, 4.69) is 10.2 Å². The first-order valence-electron chi connectivity index (χ1n) is 9.76. The highest BCUT2D eigenvalue weighted by Gasteiger charge is 2.32. The summed E-state index contributed by atoms with van der Waals surface area (Å²) in [6.45, 7) is 0.727. The number of hydrogen-bond acceptors (Lipinski definition) is 5. The van der Waals surface area contributed by atoms with Crippen molar-refractivity contribution in [3.8, 4) is 11.5 Å². The number of carbonyl (C=O) groups is 1. The summed E-state index contributed by atoms with van der Waals surface area (Å²) in [5, 5.41) is 4.60. The summed E-state index contributed by atoms with van der Waals surface area (Å²) in [7, 11) is 3.20. The van der Waals surface area contributed by atoms with Crippen molar-refractivity contribution in [1.29, 1.82) is 0 Å². The quantitative estimate of drug-likeness (QED) is 0.602. The monoisotopic (exact) mass is 444 g/mol. The lowest BCUT2D eigenvalue weighted by Gasteiger charge is -2.37. The van der Waals surface area contributed by atoms with Gasteiger partial charge in [0.15, 0.2) is 11.5 Å². The van der Waals surface area contributed by atoms with Crippen LogP contribution in [0.1, 0.15) is 22.0 Å². The van der Waals surface area contributed by atoms with E-state index in [-0.39, 0.29) is 24.2 Å². The van der Waals surface area contributed by atoms with Crippen LogP contribution < -0.4 is 14.8 Å². The van der Waals surface area contributed by atoms with Crippen molar-refractivity contribution in [3.05, 3.63) is 75.5 Å². The predicted octanol–water partition coefficient (Wildman–Crippen LogP) is 4.63. The van der Waals surface area contributed by atoms with E-state index in [4.69, 9.17) is 9.47 Å². The molecule has 0 saturated heterocycles. The summed E-state index contributed by atoms with van der Waals surface area (Å²) >= 11 is 1.61. The molecule has 0 saturated carbocycles. The summed E-state index contributed by atoms with van der Waals surface area (Å²) < 4.78 is 37.9. The van der Waals surface area contributed by atoms with E-state index >= 15 is 0 Å². The zero-order valence-corrected chi connectivity index (χ0v) is 18.0. The van der Waals surface area contributed by atoms with Crippen LogP contribution in [0.4, 0.5) is 14.5 Å². The Bertz CT molecular complexity index is 1070. The van der Waals surface area contributed by atoms with Gasteiger partial charge in [-0.15, -0.1) is 11.3 Å². The fraction of sp³-hybridized carbons (Fsp3) is 0.261. The summed E-state index contributed by atoms with van der Waals surface area (Å²) in [5.41, 5.74) is 2.29. The topological polar surface area (TPSA) is 50.8 Å². The maximum absolute atomic E-state index is 13.5. The van der Waals surface area contributed by atoms with Gasteiger partial charge in [0.25, 0.3) is 0 Å². The SMILES string of the molecule is COc1cc2c(cc1OC)[C@H](c1cccs1)N(CC(=O)Nc1cc(F)cc(F)c1)CC2. The highest BCUT2D eigenvalue weighted by molar-refractivity contribution is 7.10. The highest BCUT2D eigenvalue weighted by atomic mass is 32.1. The molecule has 0 radical (unpaired) electrons. The Hall–Kier alpha value is -2.97. The third kappa shape index (κ3) is 4.55. The molecule has 2 heterocycles. The maximum Gasteiger partial charge on any atom is 0.238 e. The molecule has 1 amide bonds. The Morgan fingerprint density at radius 2 is 1.84 bits per heavy atom. The third-order valence-corrected chi connectivity index (χ3v) is 6.20. The standard InChI is InChI=1S/C23H22F2N2O3S/c1-29-19-8-14-5-6-27(13-22(28)26-17-10-15(24)9-16(25)11-17)23(21-4-3-7-31-21)18(14)12-20(19)30-2/h3-4,7-12,23H,5-6,13H2,1-2H3,(H,26,28)/t23-/m1/s1. The molecule has 1 aromatic heterocycles. The fourth-order valence-corrected chi connectivity index (χ4v) is 4.84. The van der Waals surface area contributed by atoms with Crippen molar-refractivity contribution < 1.29 is 23.0 Å². The van der Waals surface area contributed by atoms with Crippen LogP contribution >= 0.6 is 11.3 Å². The van der Waals surface area contributed by atoms with Crippen LogP contribution in [0.3, 0.4) is 0 Å². The van der Waals surface area contributed by atoms with Crippen molar-refractivity contribution in [2.24, 2.45) is 0 Å². The average Bonchev–Trinajstić information content (AvgIpc) is 3.26. The lowest BCUT2D eigenvalue weighted by atomic mass is 9.91. The Morgan fingerprint density at radius 3 is 2.48 bits per heavy atom. The van der Waals surface area contributed by atoms with Gasteiger partial charge in [-0.1, -0.05) is 6.07 Å². The smallest absolute Gasteiger partial charge is 0.238 e. The molecule has 0 aliphatic carbocycles. The first kappa shape index (κ1) is 21.3. The van der Waals surface area contributed by atoms with Crippen LogP contribution in [-0.4, -0.2) is 38.1 Å². The number of ether oxygens (including phenoxy) is 2. The van der Waals surface area contributed by atoms with Crippen LogP contribution in [0.25, 0.3) is 0 Å². The maximum atomic E-state index is 13.5. The predicted molar refractivity (Wildman–Crippen MR) is 116 cm³/mol. The van der Waals surface area contributed by atoms with Crippen LogP contribution in [-0.2, 0) is 11.2 Å². The molecule has 3 aromatic rings. The molecule has 0 unspecified atom stereocenters. The molecule has 1 N–H and O–H groups in total. The van der Waals surface area contributed by atoms with Crippen molar-refractivity contribution in [1.82, 2.24) is 4.90 Å². The molecule has 31 heavy (non-hydrogen) atoms. The number of rotatable bonds is 6. The first-order valence-corrected chi connectivity index (χ1v) is 10.6. The Labute approximate surface area is 183 Å². The number of thiophene rings is 1. The van der Waals surface area contributed by atoms with Gasteiger partial charge in [0.2, 0.25) is 5.91 Å². The molecule has 0 fully saturated rings. The van der Waals surface area contributed by atoms with E-state index in [1.54, 1.807) is 25.6 Å². The van der Waals surface area contributed by atoms with Gasteiger partial charge in [0, 0.05) is 23.2 Å². The number of hydrogen-bond donors (Lipinski definition) is 1. The van der Waals surface area contributed by atoms with E-state index in [0.717, 1.165) is 40.6 Å². The minimum absolute atomic E-state index is 0.0779.